The Morgan fingerprint density at radius 2 is 1.97 bits per heavy atom. The van der Waals surface area contributed by atoms with Gasteiger partial charge in [-0.1, -0.05) is 35.9 Å². The number of tetrazole rings is 1. The molecule has 5 aromatic rings. The number of carbonyl (C=O) groups excluding carboxylic acids is 1. The standard InChI is InChI=1S/C23H19N7O2S/c1-15-5-7-16(8-6-15)19-12-33-22-21(19)23(32)29(13-24-22)10-9-20(31)26-17-3-2-4-18(11-17)30-14-25-27-28-30/h2-8,11-14H,9-10H2,1H3,(H,26,31). The molecule has 3 heterocycles. The summed E-state index contributed by atoms with van der Waals surface area (Å²) in [5.41, 5.74) is 4.20. The smallest absolute Gasteiger partial charge is 0.262 e. The van der Waals surface area contributed by atoms with E-state index in [1.165, 1.54) is 33.2 Å². The SMILES string of the molecule is Cc1ccc(-c2csc3ncn(CCC(=O)Nc4cccc(-n5cnnn5)c4)c(=O)c23)cc1. The zero-order valence-corrected chi connectivity index (χ0v) is 18.5. The molecule has 2 aromatic carbocycles. The van der Waals surface area contributed by atoms with E-state index >= 15 is 0 Å². The molecule has 1 amide bonds. The fraction of sp³-hybridized carbons (Fsp3) is 0.130. The van der Waals surface area contributed by atoms with E-state index in [2.05, 4.69) is 25.8 Å². The van der Waals surface area contributed by atoms with Crippen LogP contribution < -0.4 is 10.9 Å². The van der Waals surface area contributed by atoms with E-state index in [0.29, 0.717) is 15.9 Å². The molecule has 9 nitrogen and oxygen atoms in total. The van der Waals surface area contributed by atoms with Gasteiger partial charge in [0.05, 0.1) is 17.4 Å². The Kier molecular flexibility index (Phi) is 5.49. The number of hydrogen-bond acceptors (Lipinski definition) is 7. The van der Waals surface area contributed by atoms with Crippen LogP contribution in [-0.2, 0) is 11.3 Å². The van der Waals surface area contributed by atoms with Gasteiger partial charge in [0.2, 0.25) is 5.91 Å². The third-order valence-corrected chi connectivity index (χ3v) is 6.13. The van der Waals surface area contributed by atoms with Gasteiger partial charge in [-0.05, 0) is 41.1 Å². The van der Waals surface area contributed by atoms with Gasteiger partial charge < -0.3 is 5.32 Å². The number of benzene rings is 2. The zero-order valence-electron chi connectivity index (χ0n) is 17.7. The third-order valence-electron chi connectivity index (χ3n) is 5.25. The summed E-state index contributed by atoms with van der Waals surface area (Å²) in [7, 11) is 0. The highest BCUT2D eigenvalue weighted by Crippen LogP contribution is 2.30. The second-order valence-corrected chi connectivity index (χ2v) is 8.40. The molecule has 33 heavy (non-hydrogen) atoms. The van der Waals surface area contributed by atoms with Crippen molar-refractivity contribution in [2.75, 3.05) is 5.32 Å². The molecule has 1 N–H and O–H groups in total. The van der Waals surface area contributed by atoms with Crippen LogP contribution in [0.3, 0.4) is 0 Å². The van der Waals surface area contributed by atoms with Gasteiger partial charge in [0.1, 0.15) is 11.2 Å². The van der Waals surface area contributed by atoms with Gasteiger partial charge in [0.15, 0.2) is 0 Å². The molecule has 0 fully saturated rings. The molecule has 0 saturated heterocycles. The molecule has 0 aliphatic carbocycles. The summed E-state index contributed by atoms with van der Waals surface area (Å²) < 4.78 is 2.99. The van der Waals surface area contributed by atoms with Crippen molar-refractivity contribution in [3.05, 3.63) is 82.5 Å². The largest absolute Gasteiger partial charge is 0.326 e. The maximum absolute atomic E-state index is 13.2. The van der Waals surface area contributed by atoms with Gasteiger partial charge in [0, 0.05) is 29.6 Å². The van der Waals surface area contributed by atoms with Crippen molar-refractivity contribution < 1.29 is 4.79 Å². The second kappa shape index (κ2) is 8.75. The van der Waals surface area contributed by atoms with Crippen molar-refractivity contribution >= 4 is 33.1 Å². The highest BCUT2D eigenvalue weighted by atomic mass is 32.1. The minimum atomic E-state index is -0.208. The molecule has 3 aromatic heterocycles. The molecule has 0 aliphatic heterocycles. The molecule has 0 unspecified atom stereocenters. The number of anilines is 1. The summed E-state index contributed by atoms with van der Waals surface area (Å²) in [4.78, 5) is 30.8. The summed E-state index contributed by atoms with van der Waals surface area (Å²) in [6.07, 6.45) is 3.11. The number of aromatic nitrogens is 6. The first-order valence-corrected chi connectivity index (χ1v) is 11.1. The van der Waals surface area contributed by atoms with Crippen LogP contribution in [0.5, 0.6) is 0 Å². The first-order chi connectivity index (χ1) is 16.1. The summed E-state index contributed by atoms with van der Waals surface area (Å²) in [5, 5.41) is 16.5. The van der Waals surface area contributed by atoms with Crippen molar-refractivity contribution in [2.24, 2.45) is 0 Å². The molecular formula is C23H19N7O2S. The van der Waals surface area contributed by atoms with E-state index in [0.717, 1.165) is 22.4 Å². The van der Waals surface area contributed by atoms with E-state index in [-0.39, 0.29) is 24.4 Å². The number of rotatable bonds is 6. The van der Waals surface area contributed by atoms with Crippen LogP contribution in [0.2, 0.25) is 0 Å². The number of fused-ring (bicyclic) bond motifs is 1. The summed E-state index contributed by atoms with van der Waals surface area (Å²) in [6.45, 7) is 2.25. The number of amides is 1. The molecule has 0 radical (unpaired) electrons. The minimum absolute atomic E-state index is 0.131. The first kappa shape index (κ1) is 20.7. The lowest BCUT2D eigenvalue weighted by molar-refractivity contribution is -0.116. The van der Waals surface area contributed by atoms with Crippen molar-refractivity contribution in [3.8, 4) is 16.8 Å². The maximum atomic E-state index is 13.2. The molecular weight excluding hydrogens is 438 g/mol. The van der Waals surface area contributed by atoms with E-state index in [9.17, 15) is 9.59 Å². The Morgan fingerprint density at radius 1 is 1.12 bits per heavy atom. The lowest BCUT2D eigenvalue weighted by atomic mass is 10.1. The van der Waals surface area contributed by atoms with Crippen molar-refractivity contribution in [3.63, 3.8) is 0 Å². The molecule has 0 aliphatic rings. The molecule has 0 saturated carbocycles. The topological polar surface area (TPSA) is 108 Å². The monoisotopic (exact) mass is 457 g/mol. The molecule has 164 valence electrons. The molecule has 5 rings (SSSR count). The van der Waals surface area contributed by atoms with E-state index < -0.39 is 0 Å². The summed E-state index contributed by atoms with van der Waals surface area (Å²) in [6, 6.07) is 15.2. The highest BCUT2D eigenvalue weighted by molar-refractivity contribution is 7.17. The number of nitrogens with zero attached hydrogens (tertiary/aromatic N) is 6. The number of thiophene rings is 1. The predicted molar refractivity (Wildman–Crippen MR) is 126 cm³/mol. The summed E-state index contributed by atoms with van der Waals surface area (Å²) in [5.74, 6) is -0.208. The van der Waals surface area contributed by atoms with Crippen molar-refractivity contribution in [2.45, 2.75) is 19.9 Å². The normalized spacial score (nSPS) is 11.1. The second-order valence-electron chi connectivity index (χ2n) is 7.54. The number of aryl methyl sites for hydroxylation is 2. The predicted octanol–water partition coefficient (Wildman–Crippen LogP) is 3.44. The van der Waals surface area contributed by atoms with E-state index in [1.54, 1.807) is 18.2 Å². The molecule has 10 heteroatoms. The number of carbonyl (C=O) groups is 1. The Bertz CT molecular complexity index is 1490. The highest BCUT2D eigenvalue weighted by Gasteiger charge is 2.14. The van der Waals surface area contributed by atoms with Crippen molar-refractivity contribution in [1.29, 1.82) is 0 Å². The number of nitrogens with one attached hydrogen (secondary N) is 1. The number of hydrogen-bond donors (Lipinski definition) is 1. The van der Waals surface area contributed by atoms with Crippen LogP contribution in [-0.4, -0.2) is 35.7 Å². The Morgan fingerprint density at radius 3 is 2.76 bits per heavy atom. The first-order valence-electron chi connectivity index (χ1n) is 10.3. The third kappa shape index (κ3) is 4.28. The van der Waals surface area contributed by atoms with Gasteiger partial charge in [-0.2, -0.15) is 0 Å². The fourth-order valence-corrected chi connectivity index (χ4v) is 4.43. The van der Waals surface area contributed by atoms with Crippen LogP contribution in [0.25, 0.3) is 27.0 Å². The molecule has 0 atom stereocenters. The average molecular weight is 458 g/mol. The quantitative estimate of drug-likeness (QED) is 0.419. The van der Waals surface area contributed by atoms with Crippen LogP contribution in [0.15, 0.2) is 71.4 Å². The van der Waals surface area contributed by atoms with E-state index in [1.807, 2.05) is 42.6 Å². The average Bonchev–Trinajstić information content (AvgIpc) is 3.50. The fourth-order valence-electron chi connectivity index (χ4n) is 3.52. The van der Waals surface area contributed by atoms with Crippen LogP contribution >= 0.6 is 11.3 Å². The molecule has 0 spiro atoms. The van der Waals surface area contributed by atoms with Crippen molar-refractivity contribution in [1.82, 2.24) is 29.8 Å². The minimum Gasteiger partial charge on any atom is -0.326 e. The molecule has 0 bridgehead atoms. The maximum Gasteiger partial charge on any atom is 0.262 e. The lowest BCUT2D eigenvalue weighted by Gasteiger charge is -2.09. The van der Waals surface area contributed by atoms with Gasteiger partial charge >= 0.3 is 0 Å². The van der Waals surface area contributed by atoms with Crippen LogP contribution in [0, 0.1) is 6.92 Å². The zero-order chi connectivity index (χ0) is 22.8. The summed E-state index contributed by atoms with van der Waals surface area (Å²) >= 11 is 1.44. The van der Waals surface area contributed by atoms with Gasteiger partial charge in [-0.25, -0.2) is 9.67 Å². The lowest BCUT2D eigenvalue weighted by Crippen LogP contribution is -2.23. The van der Waals surface area contributed by atoms with Gasteiger partial charge in [0.25, 0.3) is 5.56 Å². The van der Waals surface area contributed by atoms with Gasteiger partial charge in [-0.3, -0.25) is 14.2 Å². The Hall–Kier alpha value is -4.18. The van der Waals surface area contributed by atoms with Crippen LogP contribution in [0.4, 0.5) is 5.69 Å². The van der Waals surface area contributed by atoms with Gasteiger partial charge in [-0.15, -0.1) is 16.4 Å². The van der Waals surface area contributed by atoms with Crippen LogP contribution in [0.1, 0.15) is 12.0 Å². The Balaban J connectivity index is 1.33. The Labute approximate surface area is 192 Å². The van der Waals surface area contributed by atoms with E-state index in [4.69, 9.17) is 0 Å².